The number of fused-ring (bicyclic) bond motifs is 1. The van der Waals surface area contributed by atoms with Crippen LogP contribution in [0.25, 0.3) is 5.65 Å². The number of alkyl halides is 2. The van der Waals surface area contributed by atoms with Crippen molar-refractivity contribution in [2.24, 2.45) is 11.8 Å². The Kier molecular flexibility index (Phi) is 7.31. The predicted molar refractivity (Wildman–Crippen MR) is 142 cm³/mol. The maximum Gasteiger partial charge on any atom is 0.257 e. The average molecular weight is 555 g/mol. The van der Waals surface area contributed by atoms with Gasteiger partial charge in [0.1, 0.15) is 11.8 Å². The molecule has 40 heavy (non-hydrogen) atoms. The van der Waals surface area contributed by atoms with Crippen LogP contribution in [0.5, 0.6) is 0 Å². The molecule has 0 saturated heterocycles. The van der Waals surface area contributed by atoms with Crippen LogP contribution in [0.2, 0.25) is 0 Å². The molecule has 11 heteroatoms. The van der Waals surface area contributed by atoms with Crippen LogP contribution in [0.3, 0.4) is 0 Å². The number of carbonyl (C=O) groups excluding carboxylic acids is 2. The molecule has 0 radical (unpaired) electrons. The zero-order chi connectivity index (χ0) is 27.9. The molecule has 2 atom stereocenters. The molecule has 0 aliphatic heterocycles. The molecule has 0 unspecified atom stereocenters. The molecule has 0 spiro atoms. The van der Waals surface area contributed by atoms with E-state index in [0.29, 0.717) is 34.9 Å². The summed E-state index contributed by atoms with van der Waals surface area (Å²) < 4.78 is 34.9. The third kappa shape index (κ3) is 5.60. The van der Waals surface area contributed by atoms with E-state index in [2.05, 4.69) is 20.9 Å². The van der Waals surface area contributed by atoms with E-state index in [1.807, 2.05) is 13.0 Å². The summed E-state index contributed by atoms with van der Waals surface area (Å²) in [6, 6.07) is 1.24. The minimum Gasteiger partial charge on any atom is -0.364 e. The van der Waals surface area contributed by atoms with Gasteiger partial charge in [-0.2, -0.15) is 5.10 Å². The molecular weight excluding hydrogens is 518 g/mol. The van der Waals surface area contributed by atoms with E-state index in [-0.39, 0.29) is 55.4 Å². The SMILES string of the molecule is CCCC(=O)N[C@@H](c1cnn2cc([C@@H](NC(=O)c3conc3C3CCC3)C3CCC(F)(F)CC3)nc2c1)C1CC1. The Morgan fingerprint density at radius 2 is 1.85 bits per heavy atom. The third-order valence-electron chi connectivity index (χ3n) is 8.78. The topological polar surface area (TPSA) is 114 Å². The fraction of sp³-hybridized carbons (Fsp3) is 0.621. The predicted octanol–water partition coefficient (Wildman–Crippen LogP) is 5.65. The van der Waals surface area contributed by atoms with Crippen molar-refractivity contribution < 1.29 is 22.9 Å². The number of rotatable bonds is 10. The van der Waals surface area contributed by atoms with Gasteiger partial charge in [-0.05, 0) is 68.4 Å². The first-order valence-corrected chi connectivity index (χ1v) is 14.6. The molecule has 6 rings (SSSR count). The lowest BCUT2D eigenvalue weighted by Gasteiger charge is -2.33. The van der Waals surface area contributed by atoms with E-state index in [1.54, 1.807) is 16.9 Å². The number of imidazole rings is 1. The molecule has 0 bridgehead atoms. The van der Waals surface area contributed by atoms with E-state index >= 15 is 0 Å². The molecular formula is C29H36F2N6O3. The maximum absolute atomic E-state index is 14.0. The van der Waals surface area contributed by atoms with E-state index in [1.165, 1.54) is 6.26 Å². The Hall–Kier alpha value is -3.37. The van der Waals surface area contributed by atoms with Crippen molar-refractivity contribution in [2.75, 3.05) is 0 Å². The summed E-state index contributed by atoms with van der Waals surface area (Å²) >= 11 is 0. The molecule has 3 aromatic rings. The first-order chi connectivity index (χ1) is 19.3. The molecule has 2 N–H and O–H groups in total. The van der Waals surface area contributed by atoms with Gasteiger partial charge < -0.3 is 15.2 Å². The van der Waals surface area contributed by atoms with Crippen molar-refractivity contribution in [1.82, 2.24) is 30.4 Å². The Balaban J connectivity index is 1.28. The van der Waals surface area contributed by atoms with Crippen LogP contribution in [0, 0.1) is 11.8 Å². The lowest BCUT2D eigenvalue weighted by atomic mass is 9.80. The monoisotopic (exact) mass is 554 g/mol. The van der Waals surface area contributed by atoms with E-state index in [0.717, 1.165) is 44.1 Å². The summed E-state index contributed by atoms with van der Waals surface area (Å²) in [7, 11) is 0. The highest BCUT2D eigenvalue weighted by molar-refractivity contribution is 5.95. The standard InChI is InChI=1S/C29H36F2N6O3/c1-2-4-24(38)34-25(18-7-8-18)20-13-23-33-22(15-37(23)32-14-20)27(19-9-11-29(30,31)12-10-19)35-28(39)21-16-40-36-26(21)17-5-3-6-17/h13-19,25,27H,2-12H2,1H3,(H,34,38)(H,35,39)/t25-,27+/m1/s1. The number of hydrogen-bond donors (Lipinski definition) is 2. The number of aromatic nitrogens is 4. The van der Waals surface area contributed by atoms with Gasteiger partial charge in [0.15, 0.2) is 5.65 Å². The Morgan fingerprint density at radius 3 is 2.52 bits per heavy atom. The third-order valence-corrected chi connectivity index (χ3v) is 8.78. The largest absolute Gasteiger partial charge is 0.364 e. The van der Waals surface area contributed by atoms with Crippen LogP contribution in [0.15, 0.2) is 29.2 Å². The van der Waals surface area contributed by atoms with Gasteiger partial charge in [0.25, 0.3) is 5.91 Å². The molecule has 3 aliphatic carbocycles. The van der Waals surface area contributed by atoms with Crippen LogP contribution < -0.4 is 10.6 Å². The van der Waals surface area contributed by atoms with Crippen LogP contribution in [-0.4, -0.2) is 37.5 Å². The normalized spacial score (nSPS) is 21.1. The molecule has 3 aromatic heterocycles. The molecule has 9 nitrogen and oxygen atoms in total. The number of halogens is 2. The first-order valence-electron chi connectivity index (χ1n) is 14.6. The molecule has 2 amide bonds. The number of nitrogens with zero attached hydrogens (tertiary/aromatic N) is 4. The second-order valence-electron chi connectivity index (χ2n) is 11.8. The van der Waals surface area contributed by atoms with Crippen LogP contribution in [0.1, 0.15) is 123 Å². The van der Waals surface area contributed by atoms with Crippen molar-refractivity contribution in [3.8, 4) is 0 Å². The summed E-state index contributed by atoms with van der Waals surface area (Å²) in [6.07, 6.45) is 11.4. The Morgan fingerprint density at radius 1 is 1.10 bits per heavy atom. The van der Waals surface area contributed by atoms with Gasteiger partial charge in [-0.1, -0.05) is 18.5 Å². The highest BCUT2D eigenvalue weighted by Crippen LogP contribution is 2.43. The smallest absolute Gasteiger partial charge is 0.257 e. The first kappa shape index (κ1) is 26.8. The quantitative estimate of drug-likeness (QED) is 0.335. The summed E-state index contributed by atoms with van der Waals surface area (Å²) in [5.41, 5.74) is 3.12. The summed E-state index contributed by atoms with van der Waals surface area (Å²) in [5, 5.41) is 14.9. The van der Waals surface area contributed by atoms with E-state index in [4.69, 9.17) is 9.51 Å². The number of hydrogen-bond acceptors (Lipinski definition) is 6. The minimum atomic E-state index is -2.69. The van der Waals surface area contributed by atoms with Crippen LogP contribution >= 0.6 is 0 Å². The van der Waals surface area contributed by atoms with Crippen molar-refractivity contribution in [1.29, 1.82) is 0 Å². The highest BCUT2D eigenvalue weighted by Gasteiger charge is 2.40. The van der Waals surface area contributed by atoms with Gasteiger partial charge in [-0.25, -0.2) is 18.3 Å². The summed E-state index contributed by atoms with van der Waals surface area (Å²) in [6.45, 7) is 1.98. The molecule has 3 heterocycles. The van der Waals surface area contributed by atoms with Gasteiger partial charge in [0.05, 0.1) is 35.9 Å². The van der Waals surface area contributed by atoms with E-state index < -0.39 is 12.0 Å². The summed E-state index contributed by atoms with van der Waals surface area (Å²) in [4.78, 5) is 30.7. The minimum absolute atomic E-state index is 0.0233. The molecule has 3 fully saturated rings. The fourth-order valence-corrected chi connectivity index (χ4v) is 6.04. The van der Waals surface area contributed by atoms with Gasteiger partial charge >= 0.3 is 0 Å². The second kappa shape index (κ2) is 10.9. The van der Waals surface area contributed by atoms with Crippen molar-refractivity contribution in [3.05, 3.63) is 47.2 Å². The Bertz CT molecular complexity index is 1370. The van der Waals surface area contributed by atoms with Gasteiger partial charge in [0, 0.05) is 25.2 Å². The summed E-state index contributed by atoms with van der Waals surface area (Å²) in [5.74, 6) is -2.61. The second-order valence-corrected chi connectivity index (χ2v) is 11.8. The van der Waals surface area contributed by atoms with Gasteiger partial charge in [-0.15, -0.1) is 0 Å². The number of amides is 2. The van der Waals surface area contributed by atoms with Crippen LogP contribution in [-0.2, 0) is 4.79 Å². The average Bonchev–Trinajstić information content (AvgIpc) is 3.47. The number of nitrogens with one attached hydrogen (secondary N) is 2. The molecule has 3 aliphatic rings. The maximum atomic E-state index is 14.0. The van der Waals surface area contributed by atoms with Crippen LogP contribution in [0.4, 0.5) is 8.78 Å². The van der Waals surface area contributed by atoms with E-state index in [9.17, 15) is 18.4 Å². The zero-order valence-corrected chi connectivity index (χ0v) is 22.7. The lowest BCUT2D eigenvalue weighted by molar-refractivity contribution is -0.122. The Labute approximate surface area is 231 Å². The molecule has 3 saturated carbocycles. The lowest BCUT2D eigenvalue weighted by Crippen LogP contribution is -2.37. The number of carbonyl (C=O) groups is 2. The molecule has 0 aromatic carbocycles. The highest BCUT2D eigenvalue weighted by atomic mass is 19.3. The van der Waals surface area contributed by atoms with Crippen molar-refractivity contribution >= 4 is 17.5 Å². The van der Waals surface area contributed by atoms with Gasteiger partial charge in [-0.3, -0.25) is 9.59 Å². The van der Waals surface area contributed by atoms with Gasteiger partial charge in [0.2, 0.25) is 11.8 Å². The van der Waals surface area contributed by atoms with Crippen molar-refractivity contribution in [2.45, 2.75) is 101 Å². The molecule has 214 valence electrons. The van der Waals surface area contributed by atoms with Crippen molar-refractivity contribution in [3.63, 3.8) is 0 Å². The fourth-order valence-electron chi connectivity index (χ4n) is 6.04. The zero-order valence-electron chi connectivity index (χ0n) is 22.7.